The molecule has 2 aromatic carbocycles. The van der Waals surface area contributed by atoms with Gasteiger partial charge < -0.3 is 5.11 Å². The van der Waals surface area contributed by atoms with Crippen LogP contribution in [0.2, 0.25) is 4.47 Å². The third-order valence-electron chi connectivity index (χ3n) is 6.19. The molecule has 0 radical (unpaired) electrons. The average molecular weight is 543 g/mol. The molecule has 0 saturated heterocycles. The number of hydrogen-bond donors (Lipinski definition) is 1. The van der Waals surface area contributed by atoms with E-state index in [9.17, 15) is 23.1 Å². The van der Waals surface area contributed by atoms with E-state index in [1.54, 1.807) is 54.2 Å². The van der Waals surface area contributed by atoms with Gasteiger partial charge in [0.15, 0.2) is 10.0 Å². The molecule has 0 saturated carbocycles. The number of hydrogen-bond acceptors (Lipinski definition) is 4. The molecule has 3 heterocycles. The SMILES string of the molecule is Cc1cc(C(F)(F)F)ccc1-c1cccc(-c2c(O)[n+](Cc3cnc(Cl)s3)c3c(C)cccn3c2=O)c1. The molecule has 0 spiro atoms. The van der Waals surface area contributed by atoms with Gasteiger partial charge in [-0.3, -0.25) is 0 Å². The second-order valence-electron chi connectivity index (χ2n) is 8.66. The molecule has 1 N–H and O–H groups in total. The first-order valence-electron chi connectivity index (χ1n) is 11.2. The summed E-state index contributed by atoms with van der Waals surface area (Å²) >= 11 is 7.28. The van der Waals surface area contributed by atoms with E-state index in [0.29, 0.717) is 32.4 Å². The number of alkyl halides is 3. The molecule has 5 aromatic rings. The molecule has 0 aliphatic rings. The number of aryl methyl sites for hydroxylation is 2. The number of aromatic nitrogens is 3. The van der Waals surface area contributed by atoms with E-state index in [2.05, 4.69) is 4.98 Å². The Balaban J connectivity index is 1.70. The minimum atomic E-state index is -4.44. The van der Waals surface area contributed by atoms with Gasteiger partial charge >= 0.3 is 11.7 Å². The maximum Gasteiger partial charge on any atom is 0.416 e. The van der Waals surface area contributed by atoms with Crippen LogP contribution in [0.4, 0.5) is 13.2 Å². The van der Waals surface area contributed by atoms with Crippen LogP contribution >= 0.6 is 22.9 Å². The molecule has 10 heteroatoms. The predicted octanol–water partition coefficient (Wildman–Crippen LogP) is 6.42. The molecule has 37 heavy (non-hydrogen) atoms. The topological polar surface area (TPSA) is 58.5 Å². The van der Waals surface area contributed by atoms with Crippen molar-refractivity contribution in [3.05, 3.63) is 103 Å². The Morgan fingerprint density at radius 2 is 1.81 bits per heavy atom. The van der Waals surface area contributed by atoms with Crippen LogP contribution in [-0.2, 0) is 12.7 Å². The Labute approximate surface area is 218 Å². The van der Waals surface area contributed by atoms with Crippen molar-refractivity contribution in [2.45, 2.75) is 26.6 Å². The number of pyridine rings is 1. The normalized spacial score (nSPS) is 11.8. The first-order valence-corrected chi connectivity index (χ1v) is 12.4. The van der Waals surface area contributed by atoms with E-state index in [-0.39, 0.29) is 18.0 Å². The molecular formula is C27H20ClF3N3O2S+. The number of halogens is 4. The van der Waals surface area contributed by atoms with Gasteiger partial charge in [0.05, 0.1) is 16.6 Å². The Morgan fingerprint density at radius 3 is 2.49 bits per heavy atom. The van der Waals surface area contributed by atoms with Gasteiger partial charge in [-0.25, -0.2) is 9.78 Å². The lowest BCUT2D eigenvalue weighted by Gasteiger charge is -2.13. The summed E-state index contributed by atoms with van der Waals surface area (Å²) in [6.45, 7) is 3.68. The summed E-state index contributed by atoms with van der Waals surface area (Å²) in [7, 11) is 0. The summed E-state index contributed by atoms with van der Waals surface area (Å²) in [5.74, 6) is -0.231. The van der Waals surface area contributed by atoms with Crippen LogP contribution in [0.15, 0.2) is 71.8 Å². The molecule has 0 fully saturated rings. The largest absolute Gasteiger partial charge is 0.477 e. The molecule has 0 bridgehead atoms. The Hall–Kier alpha value is -3.69. The summed E-state index contributed by atoms with van der Waals surface area (Å²) < 4.78 is 42.9. The summed E-state index contributed by atoms with van der Waals surface area (Å²) in [6, 6.07) is 14.0. The molecule has 0 amide bonds. The maximum absolute atomic E-state index is 13.6. The third-order valence-corrected chi connectivity index (χ3v) is 7.28. The second-order valence-corrected chi connectivity index (χ2v) is 10.4. The fraction of sp³-hybridized carbons (Fsp3) is 0.148. The number of fused-ring (bicyclic) bond motifs is 1. The van der Waals surface area contributed by atoms with Crippen molar-refractivity contribution < 1.29 is 22.8 Å². The van der Waals surface area contributed by atoms with Crippen molar-refractivity contribution in [2.24, 2.45) is 0 Å². The van der Waals surface area contributed by atoms with Crippen LogP contribution in [0.1, 0.15) is 21.6 Å². The van der Waals surface area contributed by atoms with Crippen LogP contribution < -0.4 is 10.1 Å². The van der Waals surface area contributed by atoms with Gasteiger partial charge in [0, 0.05) is 11.8 Å². The molecule has 5 rings (SSSR count). The predicted molar refractivity (Wildman–Crippen MR) is 137 cm³/mol. The zero-order chi connectivity index (χ0) is 26.5. The Morgan fingerprint density at radius 1 is 1.05 bits per heavy atom. The van der Waals surface area contributed by atoms with Crippen LogP contribution in [0.5, 0.6) is 5.88 Å². The highest BCUT2D eigenvalue weighted by Gasteiger charge is 2.31. The van der Waals surface area contributed by atoms with E-state index in [4.69, 9.17) is 11.6 Å². The standard InChI is InChI=1S/C27H19ClF3N3O2S/c1-15-5-4-10-33-23(15)34(14-20-13-32-26(28)37-20)25(36)22(24(33)35)18-7-3-6-17(12-18)21-9-8-19(11-16(21)2)27(29,30)31/h3-13H,14H2,1-2H3/p+1. The fourth-order valence-corrected chi connectivity index (χ4v) is 5.45. The second kappa shape index (κ2) is 9.32. The van der Waals surface area contributed by atoms with Gasteiger partial charge in [-0.2, -0.15) is 22.1 Å². The quantitative estimate of drug-likeness (QED) is 0.267. The van der Waals surface area contributed by atoms with Crippen LogP contribution in [0.3, 0.4) is 0 Å². The Bertz CT molecular complexity index is 1730. The number of thiazole rings is 1. The van der Waals surface area contributed by atoms with Crippen LogP contribution in [-0.4, -0.2) is 14.5 Å². The van der Waals surface area contributed by atoms with E-state index in [1.807, 2.05) is 13.0 Å². The van der Waals surface area contributed by atoms with Crippen molar-refractivity contribution in [2.75, 3.05) is 0 Å². The summed E-state index contributed by atoms with van der Waals surface area (Å²) in [5, 5.41) is 11.4. The summed E-state index contributed by atoms with van der Waals surface area (Å²) in [4.78, 5) is 18.5. The van der Waals surface area contributed by atoms with Crippen molar-refractivity contribution in [3.63, 3.8) is 0 Å². The molecule has 0 aliphatic carbocycles. The molecule has 0 aliphatic heterocycles. The van der Waals surface area contributed by atoms with E-state index in [1.165, 1.54) is 21.8 Å². The monoisotopic (exact) mass is 542 g/mol. The summed E-state index contributed by atoms with van der Waals surface area (Å²) in [5.41, 5.74) is 2.33. The molecule has 188 valence electrons. The van der Waals surface area contributed by atoms with Crippen molar-refractivity contribution in [1.29, 1.82) is 0 Å². The highest BCUT2D eigenvalue weighted by Crippen LogP contribution is 2.35. The minimum absolute atomic E-state index is 0.0742. The number of rotatable bonds is 4. The third kappa shape index (κ3) is 4.60. The molecular weight excluding hydrogens is 523 g/mol. The van der Waals surface area contributed by atoms with Crippen LogP contribution in [0.25, 0.3) is 27.9 Å². The first-order chi connectivity index (χ1) is 17.5. The first kappa shape index (κ1) is 25.0. The molecule has 3 aromatic heterocycles. The highest BCUT2D eigenvalue weighted by molar-refractivity contribution is 7.15. The minimum Gasteiger partial charge on any atom is -0.477 e. The fourth-order valence-electron chi connectivity index (χ4n) is 4.49. The van der Waals surface area contributed by atoms with Gasteiger partial charge in [-0.1, -0.05) is 35.9 Å². The van der Waals surface area contributed by atoms with Gasteiger partial charge in [-0.15, -0.1) is 11.3 Å². The van der Waals surface area contributed by atoms with Crippen molar-refractivity contribution in [1.82, 2.24) is 9.38 Å². The maximum atomic E-state index is 13.6. The van der Waals surface area contributed by atoms with Gasteiger partial charge in [0.1, 0.15) is 6.54 Å². The number of nitrogens with zero attached hydrogens (tertiary/aromatic N) is 3. The molecule has 0 unspecified atom stereocenters. The van der Waals surface area contributed by atoms with Crippen molar-refractivity contribution >= 4 is 28.6 Å². The number of benzene rings is 2. The van der Waals surface area contributed by atoms with E-state index in [0.717, 1.165) is 22.6 Å². The van der Waals surface area contributed by atoms with E-state index >= 15 is 0 Å². The van der Waals surface area contributed by atoms with E-state index < -0.39 is 17.3 Å². The zero-order valence-corrected chi connectivity index (χ0v) is 21.2. The highest BCUT2D eigenvalue weighted by atomic mass is 35.5. The molecule has 0 atom stereocenters. The number of aromatic hydroxyl groups is 1. The van der Waals surface area contributed by atoms with Crippen LogP contribution in [0, 0.1) is 13.8 Å². The zero-order valence-electron chi connectivity index (χ0n) is 19.7. The lowest BCUT2D eigenvalue weighted by Crippen LogP contribution is -2.41. The Kier molecular flexibility index (Phi) is 6.29. The average Bonchev–Trinajstić information content (AvgIpc) is 3.26. The van der Waals surface area contributed by atoms with Gasteiger partial charge in [0.2, 0.25) is 0 Å². The van der Waals surface area contributed by atoms with Gasteiger partial charge in [-0.05, 0) is 66.4 Å². The van der Waals surface area contributed by atoms with Crippen molar-refractivity contribution in [3.8, 4) is 28.1 Å². The molecule has 5 nitrogen and oxygen atoms in total. The lowest BCUT2D eigenvalue weighted by molar-refractivity contribution is -0.671. The smallest absolute Gasteiger partial charge is 0.416 e. The summed E-state index contributed by atoms with van der Waals surface area (Å²) in [6.07, 6.45) is -1.19. The van der Waals surface area contributed by atoms with Gasteiger partial charge in [0.25, 0.3) is 11.5 Å². The lowest BCUT2D eigenvalue weighted by atomic mass is 9.95.